The van der Waals surface area contributed by atoms with Gasteiger partial charge in [-0.3, -0.25) is 4.79 Å². The number of carbonyl (C=O) groups is 1. The van der Waals surface area contributed by atoms with E-state index in [0.717, 1.165) is 17.9 Å². The van der Waals surface area contributed by atoms with E-state index in [4.69, 9.17) is 4.74 Å². The number of nitrogens with zero attached hydrogens (tertiary/aromatic N) is 1. The third-order valence-corrected chi connectivity index (χ3v) is 4.94. The average Bonchev–Trinajstić information content (AvgIpc) is 3.09. The number of fused-ring (bicyclic) bond motifs is 1. The van der Waals surface area contributed by atoms with Crippen molar-refractivity contribution in [3.63, 3.8) is 0 Å². The summed E-state index contributed by atoms with van der Waals surface area (Å²) in [4.78, 5) is 14.5. The first kappa shape index (κ1) is 14.4. The predicted octanol–water partition coefficient (Wildman–Crippen LogP) is 2.04. The number of amides is 1. The minimum Gasteiger partial charge on any atom is -0.497 e. The van der Waals surface area contributed by atoms with Gasteiger partial charge in [-0.2, -0.15) is 0 Å². The third-order valence-electron chi connectivity index (χ3n) is 4.94. The van der Waals surface area contributed by atoms with Gasteiger partial charge in [0.25, 0.3) is 0 Å². The zero-order valence-electron chi connectivity index (χ0n) is 12.8. The van der Waals surface area contributed by atoms with Crippen LogP contribution in [-0.2, 0) is 11.3 Å². The summed E-state index contributed by atoms with van der Waals surface area (Å²) in [6.07, 6.45) is 3.75. The Labute approximate surface area is 126 Å². The number of likely N-dealkylation sites (N-methyl/N-ethyl adjacent to an activating group) is 1. The second kappa shape index (κ2) is 6.06. The lowest BCUT2D eigenvalue weighted by Gasteiger charge is -2.25. The van der Waals surface area contributed by atoms with Gasteiger partial charge in [-0.15, -0.1) is 0 Å². The first-order valence-corrected chi connectivity index (χ1v) is 7.80. The minimum atomic E-state index is 0.0214. The first-order chi connectivity index (χ1) is 10.2. The zero-order valence-corrected chi connectivity index (χ0v) is 12.8. The highest BCUT2D eigenvalue weighted by Gasteiger charge is 2.43. The Bertz CT molecular complexity index is 517. The van der Waals surface area contributed by atoms with Crippen LogP contribution in [0.3, 0.4) is 0 Å². The van der Waals surface area contributed by atoms with Gasteiger partial charge in [0.1, 0.15) is 5.75 Å². The molecular weight excluding hydrogens is 264 g/mol. The molecule has 1 N–H and O–H groups in total. The molecule has 1 aromatic rings. The van der Waals surface area contributed by atoms with E-state index in [-0.39, 0.29) is 11.9 Å². The van der Waals surface area contributed by atoms with E-state index in [0.29, 0.717) is 18.4 Å². The third kappa shape index (κ3) is 2.91. The molecular formula is C17H24N2O2. The Morgan fingerprint density at radius 1 is 1.43 bits per heavy atom. The van der Waals surface area contributed by atoms with Crippen LogP contribution >= 0.6 is 0 Å². The zero-order chi connectivity index (χ0) is 14.8. The Kier molecular flexibility index (Phi) is 4.15. The summed E-state index contributed by atoms with van der Waals surface area (Å²) in [5.74, 6) is 2.32. The van der Waals surface area contributed by atoms with Crippen molar-refractivity contribution in [3.8, 4) is 5.75 Å². The molecule has 1 heterocycles. The number of methoxy groups -OCH3 is 1. The molecule has 0 spiro atoms. The Morgan fingerprint density at radius 3 is 3.10 bits per heavy atom. The van der Waals surface area contributed by atoms with Crippen LogP contribution in [-0.4, -0.2) is 37.6 Å². The Hall–Kier alpha value is -1.55. The molecule has 4 nitrogen and oxygen atoms in total. The maximum Gasteiger partial charge on any atom is 0.240 e. The van der Waals surface area contributed by atoms with Crippen LogP contribution in [0.15, 0.2) is 24.3 Å². The molecule has 0 bridgehead atoms. The molecule has 3 atom stereocenters. The van der Waals surface area contributed by atoms with Gasteiger partial charge in [-0.1, -0.05) is 18.6 Å². The van der Waals surface area contributed by atoms with Crippen molar-refractivity contribution in [2.75, 3.05) is 20.7 Å². The maximum atomic E-state index is 12.7. The van der Waals surface area contributed by atoms with Crippen molar-refractivity contribution in [1.82, 2.24) is 10.2 Å². The number of nitrogens with one attached hydrogen (secondary N) is 1. The van der Waals surface area contributed by atoms with E-state index in [2.05, 4.69) is 5.32 Å². The molecule has 2 aliphatic rings. The highest BCUT2D eigenvalue weighted by atomic mass is 16.5. The van der Waals surface area contributed by atoms with Gasteiger partial charge >= 0.3 is 0 Å². The van der Waals surface area contributed by atoms with Gasteiger partial charge in [0.05, 0.1) is 13.2 Å². The summed E-state index contributed by atoms with van der Waals surface area (Å²) in [7, 11) is 3.56. The summed E-state index contributed by atoms with van der Waals surface area (Å²) in [6, 6.07) is 7.94. The van der Waals surface area contributed by atoms with Gasteiger partial charge in [0.15, 0.2) is 0 Å². The SMILES string of the molecule is COc1cccc(CN(C)C(=O)C2NCC3CCCC32)c1. The van der Waals surface area contributed by atoms with E-state index in [1.54, 1.807) is 7.11 Å². The van der Waals surface area contributed by atoms with E-state index < -0.39 is 0 Å². The maximum absolute atomic E-state index is 12.7. The summed E-state index contributed by atoms with van der Waals surface area (Å²) in [5.41, 5.74) is 1.10. The van der Waals surface area contributed by atoms with Gasteiger partial charge in [0.2, 0.25) is 5.91 Å². The van der Waals surface area contributed by atoms with Crippen molar-refractivity contribution in [2.24, 2.45) is 11.8 Å². The largest absolute Gasteiger partial charge is 0.497 e. The van der Waals surface area contributed by atoms with E-state index in [9.17, 15) is 4.79 Å². The van der Waals surface area contributed by atoms with E-state index in [1.807, 2.05) is 36.2 Å². The van der Waals surface area contributed by atoms with Gasteiger partial charge in [-0.05, 0) is 48.9 Å². The fraction of sp³-hybridized carbons (Fsp3) is 0.588. The van der Waals surface area contributed by atoms with Crippen LogP contribution in [0, 0.1) is 11.8 Å². The van der Waals surface area contributed by atoms with Gasteiger partial charge in [-0.25, -0.2) is 0 Å². The Morgan fingerprint density at radius 2 is 2.29 bits per heavy atom. The topological polar surface area (TPSA) is 41.6 Å². The molecule has 21 heavy (non-hydrogen) atoms. The van der Waals surface area contributed by atoms with Crippen LogP contribution in [0.25, 0.3) is 0 Å². The lowest BCUT2D eigenvalue weighted by molar-refractivity contribution is -0.133. The standard InChI is InChI=1S/C17H24N2O2/c1-19(11-12-5-3-7-14(9-12)21-2)17(20)16-15-8-4-6-13(15)10-18-16/h3,5,7,9,13,15-16,18H,4,6,8,10-11H2,1-2H3. The molecule has 3 unspecified atom stereocenters. The number of carbonyl (C=O) groups excluding carboxylic acids is 1. The minimum absolute atomic E-state index is 0.0214. The number of benzene rings is 1. The average molecular weight is 288 g/mol. The first-order valence-electron chi connectivity index (χ1n) is 7.80. The quantitative estimate of drug-likeness (QED) is 0.922. The van der Waals surface area contributed by atoms with Crippen molar-refractivity contribution < 1.29 is 9.53 Å². The molecule has 0 aromatic heterocycles. The predicted molar refractivity (Wildman–Crippen MR) is 82.1 cm³/mol. The lowest BCUT2D eigenvalue weighted by atomic mass is 9.93. The summed E-state index contributed by atoms with van der Waals surface area (Å²) < 4.78 is 5.24. The van der Waals surface area contributed by atoms with Crippen molar-refractivity contribution in [1.29, 1.82) is 0 Å². The molecule has 4 heteroatoms. The number of ether oxygens (including phenoxy) is 1. The van der Waals surface area contributed by atoms with Gasteiger partial charge in [0, 0.05) is 13.6 Å². The number of rotatable bonds is 4. The highest BCUT2D eigenvalue weighted by Crippen LogP contribution is 2.38. The summed E-state index contributed by atoms with van der Waals surface area (Å²) in [5, 5.41) is 3.43. The highest BCUT2D eigenvalue weighted by molar-refractivity contribution is 5.82. The van der Waals surface area contributed by atoms with Crippen LogP contribution in [0.5, 0.6) is 5.75 Å². The van der Waals surface area contributed by atoms with Gasteiger partial charge < -0.3 is 15.0 Å². The van der Waals surface area contributed by atoms with Crippen molar-refractivity contribution >= 4 is 5.91 Å². The Balaban J connectivity index is 1.64. The number of hydrogen-bond acceptors (Lipinski definition) is 3. The van der Waals surface area contributed by atoms with Crippen molar-refractivity contribution in [2.45, 2.75) is 31.8 Å². The van der Waals surface area contributed by atoms with E-state index in [1.165, 1.54) is 19.3 Å². The van der Waals surface area contributed by atoms with Crippen LogP contribution < -0.4 is 10.1 Å². The molecule has 0 radical (unpaired) electrons. The van der Waals surface area contributed by atoms with Crippen LogP contribution in [0.1, 0.15) is 24.8 Å². The molecule has 114 valence electrons. The molecule has 3 rings (SSSR count). The molecule has 1 aliphatic heterocycles. The fourth-order valence-electron chi connectivity index (χ4n) is 3.82. The second-order valence-corrected chi connectivity index (χ2v) is 6.29. The molecule has 1 saturated heterocycles. The monoisotopic (exact) mass is 288 g/mol. The molecule has 1 saturated carbocycles. The second-order valence-electron chi connectivity index (χ2n) is 6.29. The smallest absolute Gasteiger partial charge is 0.240 e. The van der Waals surface area contributed by atoms with Crippen molar-refractivity contribution in [3.05, 3.63) is 29.8 Å². The van der Waals surface area contributed by atoms with Crippen LogP contribution in [0.2, 0.25) is 0 Å². The fourth-order valence-corrected chi connectivity index (χ4v) is 3.82. The summed E-state index contributed by atoms with van der Waals surface area (Å²) in [6.45, 7) is 1.64. The molecule has 2 fully saturated rings. The lowest BCUT2D eigenvalue weighted by Crippen LogP contribution is -2.44. The number of hydrogen-bond donors (Lipinski definition) is 1. The van der Waals surface area contributed by atoms with E-state index >= 15 is 0 Å². The molecule has 1 aliphatic carbocycles. The normalized spacial score (nSPS) is 27.4. The molecule has 1 aromatic carbocycles. The molecule has 1 amide bonds. The summed E-state index contributed by atoms with van der Waals surface area (Å²) >= 11 is 0. The van der Waals surface area contributed by atoms with Crippen LogP contribution in [0.4, 0.5) is 0 Å².